The standard InChI is InChI=1S/C12H9BrClNO5/c13-4-1-5-19-12-10(14)8-3-2-7(15(17)18)6-9(8)11(16)20-12/h2-3,6H,1,4-5H2. The van der Waals surface area contributed by atoms with Gasteiger partial charge in [-0.05, 0) is 12.5 Å². The number of hydrogen-bond acceptors (Lipinski definition) is 5. The monoisotopic (exact) mass is 361 g/mol. The Morgan fingerprint density at radius 2 is 2.15 bits per heavy atom. The molecule has 0 amide bonds. The van der Waals surface area contributed by atoms with Crippen LogP contribution in [0.5, 0.6) is 5.95 Å². The first kappa shape index (κ1) is 14.8. The smallest absolute Gasteiger partial charge is 0.346 e. The molecule has 20 heavy (non-hydrogen) atoms. The van der Waals surface area contributed by atoms with Crippen molar-refractivity contribution in [2.75, 3.05) is 11.9 Å². The Kier molecular flexibility index (Phi) is 4.61. The fourth-order valence-corrected chi connectivity index (χ4v) is 2.10. The van der Waals surface area contributed by atoms with Gasteiger partial charge in [-0.15, -0.1) is 0 Å². The molecule has 0 unspecified atom stereocenters. The normalized spacial score (nSPS) is 10.7. The summed E-state index contributed by atoms with van der Waals surface area (Å²) in [7, 11) is 0. The van der Waals surface area contributed by atoms with E-state index < -0.39 is 10.5 Å². The molecule has 0 saturated heterocycles. The Bertz CT molecular complexity index is 715. The lowest BCUT2D eigenvalue weighted by Gasteiger charge is -2.07. The number of hydrogen-bond donors (Lipinski definition) is 0. The largest absolute Gasteiger partial charge is 0.464 e. The van der Waals surface area contributed by atoms with E-state index in [9.17, 15) is 14.9 Å². The minimum atomic E-state index is -0.720. The van der Waals surface area contributed by atoms with Gasteiger partial charge in [0.1, 0.15) is 5.02 Å². The van der Waals surface area contributed by atoms with Crippen LogP contribution in [0.4, 0.5) is 5.69 Å². The third-order valence-corrected chi connectivity index (χ3v) is 3.46. The second-order valence-electron chi connectivity index (χ2n) is 3.87. The van der Waals surface area contributed by atoms with Crippen molar-refractivity contribution in [1.82, 2.24) is 0 Å². The van der Waals surface area contributed by atoms with Gasteiger partial charge < -0.3 is 9.15 Å². The fraction of sp³-hybridized carbons (Fsp3) is 0.250. The molecule has 0 aliphatic rings. The molecule has 2 rings (SSSR count). The van der Waals surface area contributed by atoms with E-state index >= 15 is 0 Å². The Hall–Kier alpha value is -1.60. The van der Waals surface area contributed by atoms with Gasteiger partial charge in [0, 0.05) is 22.8 Å². The van der Waals surface area contributed by atoms with E-state index in [0.29, 0.717) is 12.0 Å². The summed E-state index contributed by atoms with van der Waals surface area (Å²) in [6, 6.07) is 3.81. The zero-order valence-corrected chi connectivity index (χ0v) is 12.4. The van der Waals surface area contributed by atoms with E-state index in [1.165, 1.54) is 12.1 Å². The first-order valence-electron chi connectivity index (χ1n) is 5.64. The van der Waals surface area contributed by atoms with Gasteiger partial charge in [-0.1, -0.05) is 27.5 Å². The van der Waals surface area contributed by atoms with E-state index in [2.05, 4.69) is 15.9 Å². The molecule has 0 aliphatic heterocycles. The van der Waals surface area contributed by atoms with Gasteiger partial charge in [-0.2, -0.15) is 0 Å². The predicted molar refractivity (Wildman–Crippen MR) is 78.1 cm³/mol. The van der Waals surface area contributed by atoms with Gasteiger partial charge in [-0.25, -0.2) is 4.79 Å². The summed E-state index contributed by atoms with van der Waals surface area (Å²) in [6.45, 7) is 0.340. The highest BCUT2D eigenvalue weighted by Gasteiger charge is 2.16. The van der Waals surface area contributed by atoms with Gasteiger partial charge in [0.05, 0.1) is 16.9 Å². The molecule has 106 valence electrons. The quantitative estimate of drug-likeness (QED) is 0.352. The minimum Gasteiger partial charge on any atom is -0.464 e. The van der Waals surface area contributed by atoms with E-state index in [4.69, 9.17) is 20.8 Å². The molecular weight excluding hydrogens is 353 g/mol. The van der Waals surface area contributed by atoms with Crippen molar-refractivity contribution in [3.05, 3.63) is 43.8 Å². The van der Waals surface area contributed by atoms with Gasteiger partial charge in [0.25, 0.3) is 5.69 Å². The third kappa shape index (κ3) is 2.94. The van der Waals surface area contributed by atoms with Crippen LogP contribution in [0.3, 0.4) is 0 Å². The third-order valence-electron chi connectivity index (χ3n) is 2.55. The van der Waals surface area contributed by atoms with Crippen molar-refractivity contribution in [2.24, 2.45) is 0 Å². The molecule has 0 bridgehead atoms. The molecule has 0 aliphatic carbocycles. The summed E-state index contributed by atoms with van der Waals surface area (Å²) < 4.78 is 10.2. The summed E-state index contributed by atoms with van der Waals surface area (Å²) in [5.74, 6) is -0.0704. The summed E-state index contributed by atoms with van der Waals surface area (Å²) in [6.07, 6.45) is 0.721. The maximum absolute atomic E-state index is 11.8. The Morgan fingerprint density at radius 1 is 1.40 bits per heavy atom. The van der Waals surface area contributed by atoms with Crippen LogP contribution >= 0.6 is 27.5 Å². The van der Waals surface area contributed by atoms with Crippen LogP contribution in [0.15, 0.2) is 27.4 Å². The first-order chi connectivity index (χ1) is 9.54. The summed E-state index contributed by atoms with van der Waals surface area (Å²) >= 11 is 9.33. The molecule has 0 saturated carbocycles. The number of non-ortho nitro benzene ring substituents is 1. The predicted octanol–water partition coefficient (Wildman–Crippen LogP) is 3.52. The second-order valence-corrected chi connectivity index (χ2v) is 5.04. The highest BCUT2D eigenvalue weighted by molar-refractivity contribution is 9.09. The van der Waals surface area contributed by atoms with E-state index in [1.54, 1.807) is 0 Å². The molecule has 8 heteroatoms. The van der Waals surface area contributed by atoms with Crippen LogP contribution in [-0.4, -0.2) is 16.9 Å². The molecule has 0 spiro atoms. The van der Waals surface area contributed by atoms with Crippen LogP contribution < -0.4 is 10.4 Å². The van der Waals surface area contributed by atoms with E-state index in [1.807, 2.05) is 0 Å². The summed E-state index contributed by atoms with van der Waals surface area (Å²) in [4.78, 5) is 21.9. The molecule has 0 radical (unpaired) electrons. The average Bonchev–Trinajstić information content (AvgIpc) is 2.43. The molecule has 0 fully saturated rings. The fourth-order valence-electron chi connectivity index (χ4n) is 1.61. The highest BCUT2D eigenvalue weighted by atomic mass is 79.9. The van der Waals surface area contributed by atoms with Crippen LogP contribution in [-0.2, 0) is 0 Å². The van der Waals surface area contributed by atoms with Gasteiger partial charge in [0.15, 0.2) is 0 Å². The molecular formula is C12H9BrClNO5. The number of rotatable bonds is 5. The highest BCUT2D eigenvalue weighted by Crippen LogP contribution is 2.32. The van der Waals surface area contributed by atoms with Crippen molar-refractivity contribution in [3.63, 3.8) is 0 Å². The van der Waals surface area contributed by atoms with Crippen molar-refractivity contribution < 1.29 is 14.1 Å². The number of benzene rings is 1. The van der Waals surface area contributed by atoms with Crippen molar-refractivity contribution in [3.8, 4) is 5.95 Å². The van der Waals surface area contributed by atoms with Crippen LogP contribution in [0.2, 0.25) is 5.02 Å². The number of fused-ring (bicyclic) bond motifs is 1. The topological polar surface area (TPSA) is 82.6 Å². The molecule has 2 aromatic rings. The van der Waals surface area contributed by atoms with Crippen molar-refractivity contribution in [1.29, 1.82) is 0 Å². The van der Waals surface area contributed by atoms with Crippen molar-refractivity contribution in [2.45, 2.75) is 6.42 Å². The first-order valence-corrected chi connectivity index (χ1v) is 7.14. The molecule has 1 heterocycles. The molecule has 1 aromatic carbocycles. The zero-order valence-electron chi connectivity index (χ0n) is 10.1. The van der Waals surface area contributed by atoms with Gasteiger partial charge >= 0.3 is 11.6 Å². The Labute approximate surface area is 126 Å². The van der Waals surface area contributed by atoms with E-state index in [0.717, 1.165) is 17.8 Å². The lowest BCUT2D eigenvalue weighted by atomic mass is 10.1. The number of nitro groups is 1. The summed E-state index contributed by atoms with van der Waals surface area (Å²) in [5.41, 5.74) is -0.921. The second kappa shape index (κ2) is 6.23. The van der Waals surface area contributed by atoms with E-state index in [-0.39, 0.29) is 22.0 Å². The lowest BCUT2D eigenvalue weighted by molar-refractivity contribution is -0.384. The molecule has 6 nitrogen and oxygen atoms in total. The molecule has 1 aromatic heterocycles. The maximum Gasteiger partial charge on any atom is 0.346 e. The Morgan fingerprint density at radius 3 is 2.80 bits per heavy atom. The van der Waals surface area contributed by atoms with Crippen LogP contribution in [0, 0.1) is 10.1 Å². The molecule has 0 N–H and O–H groups in total. The zero-order chi connectivity index (χ0) is 14.7. The molecule has 0 atom stereocenters. The minimum absolute atomic E-state index is 0.0528. The number of nitrogens with zero attached hydrogens (tertiary/aromatic N) is 1. The van der Waals surface area contributed by atoms with Crippen LogP contribution in [0.25, 0.3) is 10.8 Å². The van der Waals surface area contributed by atoms with Gasteiger partial charge in [0.2, 0.25) is 0 Å². The summed E-state index contributed by atoms with van der Waals surface area (Å²) in [5, 5.41) is 12.0. The van der Waals surface area contributed by atoms with Gasteiger partial charge in [-0.3, -0.25) is 10.1 Å². The number of halogens is 2. The number of alkyl halides is 1. The number of ether oxygens (including phenoxy) is 1. The SMILES string of the molecule is O=c1oc(OCCCBr)c(Cl)c2ccc([N+](=O)[O-])cc12. The average molecular weight is 363 g/mol. The van der Waals surface area contributed by atoms with Crippen molar-refractivity contribution >= 4 is 44.0 Å². The maximum atomic E-state index is 11.8. The van der Waals surface area contributed by atoms with Crippen LogP contribution in [0.1, 0.15) is 6.42 Å². The lowest BCUT2D eigenvalue weighted by Crippen LogP contribution is -2.05. The Balaban J connectivity index is 2.51. The number of nitro benzene ring substituents is 1.